The maximum atomic E-state index is 5.70. The molecule has 5 heteroatoms. The molecule has 0 radical (unpaired) electrons. The Hall–Kier alpha value is -1.59. The van der Waals surface area contributed by atoms with Crippen LogP contribution in [0.4, 0.5) is 0 Å². The summed E-state index contributed by atoms with van der Waals surface area (Å²) in [6.45, 7) is 2.21. The van der Waals surface area contributed by atoms with Crippen molar-refractivity contribution in [2.45, 2.75) is 32.1 Å². The zero-order valence-corrected chi connectivity index (χ0v) is 10.9. The lowest BCUT2D eigenvalue weighted by molar-refractivity contribution is -0.163. The van der Waals surface area contributed by atoms with Crippen molar-refractivity contribution in [1.82, 2.24) is 14.3 Å². The van der Waals surface area contributed by atoms with Gasteiger partial charge in [0.25, 0.3) is 0 Å². The quantitative estimate of drug-likeness (QED) is 0.828. The van der Waals surface area contributed by atoms with E-state index in [1.807, 2.05) is 46.2 Å². The fraction of sp³-hybridized carbons (Fsp3) is 0.500. The lowest BCUT2D eigenvalue weighted by atomic mass is 10.2. The van der Waals surface area contributed by atoms with Gasteiger partial charge >= 0.3 is 0 Å². The molecule has 0 aromatic carbocycles. The van der Waals surface area contributed by atoms with Crippen LogP contribution in [0.2, 0.25) is 0 Å². The van der Waals surface area contributed by atoms with Gasteiger partial charge in [0.2, 0.25) is 0 Å². The van der Waals surface area contributed by atoms with Crippen LogP contribution < -0.4 is 0 Å². The van der Waals surface area contributed by atoms with E-state index in [2.05, 4.69) is 5.10 Å². The predicted octanol–water partition coefficient (Wildman–Crippen LogP) is 2.22. The second-order valence-electron chi connectivity index (χ2n) is 4.72. The summed E-state index contributed by atoms with van der Waals surface area (Å²) in [5, 5.41) is 4.33. The van der Waals surface area contributed by atoms with Crippen molar-refractivity contribution in [2.24, 2.45) is 0 Å². The molecule has 0 N–H and O–H groups in total. The molecule has 3 rings (SSSR count). The molecule has 0 unspecified atom stereocenters. The number of aromatic nitrogens is 3. The first-order chi connectivity index (χ1) is 9.42. The zero-order chi connectivity index (χ0) is 12.9. The molecule has 0 amide bonds. The van der Waals surface area contributed by atoms with Crippen molar-refractivity contribution in [3.63, 3.8) is 0 Å². The topological polar surface area (TPSA) is 41.2 Å². The third-order valence-electron chi connectivity index (χ3n) is 3.28. The average molecular weight is 261 g/mol. The van der Waals surface area contributed by atoms with E-state index in [1.165, 1.54) is 6.42 Å². The van der Waals surface area contributed by atoms with Gasteiger partial charge in [0, 0.05) is 25.2 Å². The van der Waals surface area contributed by atoms with Crippen molar-refractivity contribution >= 4 is 0 Å². The molecule has 1 fully saturated rings. The summed E-state index contributed by atoms with van der Waals surface area (Å²) in [7, 11) is 0. The van der Waals surface area contributed by atoms with Crippen LogP contribution in [0.15, 0.2) is 36.9 Å². The van der Waals surface area contributed by atoms with Gasteiger partial charge in [-0.3, -0.25) is 4.68 Å². The SMILES string of the molecule is c1ccn(-c2cnn(CCO[C@H]3CCCCO3)c2)c1. The van der Waals surface area contributed by atoms with E-state index in [9.17, 15) is 0 Å². The minimum Gasteiger partial charge on any atom is -0.353 e. The largest absolute Gasteiger partial charge is 0.353 e. The maximum Gasteiger partial charge on any atom is 0.157 e. The Kier molecular flexibility index (Phi) is 3.95. The molecule has 2 aromatic heterocycles. The summed E-state index contributed by atoms with van der Waals surface area (Å²) in [6, 6.07) is 4.00. The second-order valence-corrected chi connectivity index (χ2v) is 4.72. The van der Waals surface area contributed by atoms with Gasteiger partial charge in [-0.1, -0.05) is 0 Å². The number of hydrogen-bond donors (Lipinski definition) is 0. The predicted molar refractivity (Wildman–Crippen MR) is 71.1 cm³/mol. The summed E-state index contributed by atoms with van der Waals surface area (Å²) in [5.41, 5.74) is 1.07. The smallest absolute Gasteiger partial charge is 0.157 e. The molecule has 0 bridgehead atoms. The van der Waals surface area contributed by atoms with Crippen LogP contribution in [0.25, 0.3) is 5.69 Å². The molecule has 0 aliphatic carbocycles. The van der Waals surface area contributed by atoms with Crippen LogP contribution in [0.3, 0.4) is 0 Å². The highest BCUT2D eigenvalue weighted by molar-refractivity contribution is 5.26. The van der Waals surface area contributed by atoms with Gasteiger partial charge in [-0.15, -0.1) is 0 Å². The summed E-state index contributed by atoms with van der Waals surface area (Å²) in [5.74, 6) is 0. The second kappa shape index (κ2) is 6.04. The first kappa shape index (κ1) is 12.4. The molecule has 1 saturated heterocycles. The molecule has 19 heavy (non-hydrogen) atoms. The first-order valence-corrected chi connectivity index (χ1v) is 6.81. The van der Waals surface area contributed by atoms with Crippen LogP contribution in [0.5, 0.6) is 0 Å². The molecular weight excluding hydrogens is 242 g/mol. The van der Waals surface area contributed by atoms with E-state index < -0.39 is 0 Å². The maximum absolute atomic E-state index is 5.70. The summed E-state index contributed by atoms with van der Waals surface area (Å²) >= 11 is 0. The van der Waals surface area contributed by atoms with Crippen molar-refractivity contribution in [1.29, 1.82) is 0 Å². The molecule has 1 aliphatic heterocycles. The number of nitrogens with zero attached hydrogens (tertiary/aromatic N) is 3. The molecule has 0 spiro atoms. The van der Waals surface area contributed by atoms with Crippen molar-refractivity contribution in [2.75, 3.05) is 13.2 Å². The summed E-state index contributed by atoms with van der Waals surface area (Å²) in [6.07, 6.45) is 11.2. The molecule has 3 heterocycles. The van der Waals surface area contributed by atoms with Crippen molar-refractivity contribution in [3.8, 4) is 5.69 Å². The highest BCUT2D eigenvalue weighted by Crippen LogP contribution is 2.13. The number of rotatable bonds is 5. The van der Waals surface area contributed by atoms with Gasteiger partial charge < -0.3 is 14.0 Å². The fourth-order valence-corrected chi connectivity index (χ4v) is 2.24. The standard InChI is InChI=1S/C14H19N3O2/c1-4-9-18-14(5-1)19-10-8-17-12-13(11-15-17)16-6-2-3-7-16/h2-3,6-7,11-12,14H,1,4-5,8-10H2/t14-/m0/s1. The Morgan fingerprint density at radius 1 is 1.32 bits per heavy atom. The molecule has 0 saturated carbocycles. The van der Waals surface area contributed by atoms with Gasteiger partial charge in [-0.05, 0) is 31.4 Å². The summed E-state index contributed by atoms with van der Waals surface area (Å²) < 4.78 is 15.2. The molecule has 5 nitrogen and oxygen atoms in total. The molecule has 1 aliphatic rings. The van der Waals surface area contributed by atoms with E-state index in [-0.39, 0.29) is 6.29 Å². The van der Waals surface area contributed by atoms with E-state index in [0.717, 1.165) is 31.7 Å². The van der Waals surface area contributed by atoms with Crippen LogP contribution in [0, 0.1) is 0 Å². The lowest BCUT2D eigenvalue weighted by Gasteiger charge is -2.22. The summed E-state index contributed by atoms with van der Waals surface area (Å²) in [4.78, 5) is 0. The van der Waals surface area contributed by atoms with Crippen LogP contribution >= 0.6 is 0 Å². The Morgan fingerprint density at radius 3 is 3.00 bits per heavy atom. The zero-order valence-electron chi connectivity index (χ0n) is 10.9. The van der Waals surface area contributed by atoms with Gasteiger partial charge in [-0.2, -0.15) is 5.10 Å². The third-order valence-corrected chi connectivity index (χ3v) is 3.28. The number of ether oxygens (including phenoxy) is 2. The minimum absolute atomic E-state index is 0.0202. The highest BCUT2D eigenvalue weighted by Gasteiger charge is 2.13. The molecule has 102 valence electrons. The van der Waals surface area contributed by atoms with E-state index in [0.29, 0.717) is 6.61 Å². The Labute approximate surface area is 112 Å². The van der Waals surface area contributed by atoms with Gasteiger partial charge in [0.1, 0.15) is 0 Å². The van der Waals surface area contributed by atoms with Gasteiger partial charge in [-0.25, -0.2) is 0 Å². The fourth-order valence-electron chi connectivity index (χ4n) is 2.24. The Morgan fingerprint density at radius 2 is 2.21 bits per heavy atom. The van der Waals surface area contributed by atoms with E-state index >= 15 is 0 Å². The van der Waals surface area contributed by atoms with Crippen molar-refractivity contribution < 1.29 is 9.47 Å². The Balaban J connectivity index is 1.48. The lowest BCUT2D eigenvalue weighted by Crippen LogP contribution is -2.24. The Bertz CT molecular complexity index is 487. The van der Waals surface area contributed by atoms with Crippen LogP contribution in [-0.4, -0.2) is 33.9 Å². The highest BCUT2D eigenvalue weighted by atomic mass is 16.7. The van der Waals surface area contributed by atoms with Crippen LogP contribution in [0.1, 0.15) is 19.3 Å². The third kappa shape index (κ3) is 3.24. The van der Waals surface area contributed by atoms with Gasteiger partial charge in [0.15, 0.2) is 6.29 Å². The first-order valence-electron chi connectivity index (χ1n) is 6.81. The van der Waals surface area contributed by atoms with Crippen molar-refractivity contribution in [3.05, 3.63) is 36.9 Å². The van der Waals surface area contributed by atoms with Gasteiger partial charge in [0.05, 0.1) is 25.0 Å². The monoisotopic (exact) mass is 261 g/mol. The van der Waals surface area contributed by atoms with E-state index in [1.54, 1.807) is 0 Å². The minimum atomic E-state index is -0.0202. The normalized spacial score (nSPS) is 19.7. The molecular formula is C14H19N3O2. The average Bonchev–Trinajstić information content (AvgIpc) is 3.10. The molecule has 2 aromatic rings. The van der Waals surface area contributed by atoms with E-state index in [4.69, 9.17) is 9.47 Å². The van der Waals surface area contributed by atoms with Crippen LogP contribution in [-0.2, 0) is 16.0 Å². The molecule has 1 atom stereocenters. The number of hydrogen-bond acceptors (Lipinski definition) is 3.